The minimum absolute atomic E-state index is 0.167. The van der Waals surface area contributed by atoms with Crippen molar-refractivity contribution >= 4 is 0 Å². The second-order valence-corrected chi connectivity index (χ2v) is 5.25. The van der Waals surface area contributed by atoms with Gasteiger partial charge in [0.05, 0.1) is 5.60 Å². The Morgan fingerprint density at radius 1 is 1.44 bits per heavy atom. The lowest BCUT2D eigenvalue weighted by molar-refractivity contribution is 0.00704. The second-order valence-electron chi connectivity index (χ2n) is 5.25. The van der Waals surface area contributed by atoms with E-state index < -0.39 is 0 Å². The molecule has 0 bridgehead atoms. The highest BCUT2D eigenvalue weighted by molar-refractivity contribution is 5.14. The summed E-state index contributed by atoms with van der Waals surface area (Å²) >= 11 is 0. The van der Waals surface area contributed by atoms with Crippen LogP contribution in [0.5, 0.6) is 0 Å². The van der Waals surface area contributed by atoms with Gasteiger partial charge in [0.25, 0.3) is 0 Å². The van der Waals surface area contributed by atoms with Crippen molar-refractivity contribution in [2.75, 3.05) is 7.11 Å². The Morgan fingerprint density at radius 2 is 2.17 bits per heavy atom. The molecule has 0 saturated heterocycles. The Hall–Kier alpha value is -0.970. The molecule has 0 spiro atoms. The number of hydrogen-bond acceptors (Lipinski definition) is 4. The van der Waals surface area contributed by atoms with E-state index in [1.165, 1.54) is 5.56 Å². The molecule has 0 aliphatic heterocycles. The molecule has 1 atom stereocenters. The first kappa shape index (κ1) is 15.1. The van der Waals surface area contributed by atoms with Crippen molar-refractivity contribution in [3.63, 3.8) is 0 Å². The van der Waals surface area contributed by atoms with Gasteiger partial charge in [0, 0.05) is 31.5 Å². The molecule has 0 radical (unpaired) electrons. The Bertz CT molecular complexity index is 349. The lowest BCUT2D eigenvalue weighted by Gasteiger charge is -2.28. The fraction of sp³-hybridized carbons (Fsp3) is 0.643. The quantitative estimate of drug-likeness (QED) is 0.573. The number of ether oxygens (including phenoxy) is 1. The summed E-state index contributed by atoms with van der Waals surface area (Å²) in [7, 11) is 1.72. The van der Waals surface area contributed by atoms with Crippen molar-refractivity contribution in [3.8, 4) is 0 Å². The van der Waals surface area contributed by atoms with Crippen LogP contribution in [0.25, 0.3) is 0 Å². The maximum absolute atomic E-state index is 5.61. The van der Waals surface area contributed by atoms with Gasteiger partial charge >= 0.3 is 0 Å². The van der Waals surface area contributed by atoms with Crippen LogP contribution in [0.1, 0.15) is 38.4 Å². The van der Waals surface area contributed by atoms with E-state index >= 15 is 0 Å². The topological polar surface area (TPSA) is 60.2 Å². The maximum atomic E-state index is 5.61. The number of rotatable bonds is 7. The molecule has 102 valence electrons. The van der Waals surface area contributed by atoms with Gasteiger partial charge in [-0.2, -0.15) is 0 Å². The van der Waals surface area contributed by atoms with E-state index in [0.29, 0.717) is 0 Å². The first-order valence-corrected chi connectivity index (χ1v) is 6.46. The van der Waals surface area contributed by atoms with Crippen molar-refractivity contribution in [1.29, 1.82) is 0 Å². The maximum Gasteiger partial charge on any atom is 0.0638 e. The van der Waals surface area contributed by atoms with Gasteiger partial charge < -0.3 is 4.74 Å². The molecule has 1 aromatic heterocycles. The average molecular weight is 251 g/mol. The third-order valence-electron chi connectivity index (χ3n) is 3.28. The SMILES string of the molecule is CCc1ccc(CC(CC(C)(C)OC)NN)nc1. The van der Waals surface area contributed by atoms with E-state index in [1.807, 2.05) is 6.20 Å². The standard InChI is InChI=1S/C14H25N3O/c1-5-11-6-7-12(16-10-11)8-13(17-15)9-14(2,3)18-4/h6-7,10,13,17H,5,8-9,15H2,1-4H3. The Labute approximate surface area is 110 Å². The molecule has 0 saturated carbocycles. The number of pyridine rings is 1. The summed E-state index contributed by atoms with van der Waals surface area (Å²) in [5, 5.41) is 0. The second kappa shape index (κ2) is 6.83. The van der Waals surface area contributed by atoms with Gasteiger partial charge in [0.15, 0.2) is 0 Å². The van der Waals surface area contributed by atoms with Gasteiger partial charge in [-0.3, -0.25) is 16.3 Å². The van der Waals surface area contributed by atoms with E-state index in [4.69, 9.17) is 10.6 Å². The number of nitrogens with two attached hydrogens (primary N) is 1. The van der Waals surface area contributed by atoms with Crippen molar-refractivity contribution in [3.05, 3.63) is 29.6 Å². The zero-order valence-corrected chi connectivity index (χ0v) is 11.9. The lowest BCUT2D eigenvalue weighted by Crippen LogP contribution is -2.42. The van der Waals surface area contributed by atoms with Crippen molar-refractivity contribution in [1.82, 2.24) is 10.4 Å². The Morgan fingerprint density at radius 3 is 2.61 bits per heavy atom. The third-order valence-corrected chi connectivity index (χ3v) is 3.28. The van der Waals surface area contributed by atoms with Gasteiger partial charge in [0.2, 0.25) is 0 Å². The van der Waals surface area contributed by atoms with Gasteiger partial charge in [-0.1, -0.05) is 13.0 Å². The highest BCUT2D eigenvalue weighted by Crippen LogP contribution is 2.17. The molecule has 0 amide bonds. The van der Waals surface area contributed by atoms with Gasteiger partial charge in [-0.25, -0.2) is 0 Å². The molecule has 0 aromatic carbocycles. The van der Waals surface area contributed by atoms with Crippen LogP contribution in [0, 0.1) is 0 Å². The molecule has 0 aliphatic carbocycles. The fourth-order valence-corrected chi connectivity index (χ4v) is 1.90. The first-order valence-electron chi connectivity index (χ1n) is 6.46. The molecule has 1 heterocycles. The molecule has 18 heavy (non-hydrogen) atoms. The summed E-state index contributed by atoms with van der Waals surface area (Å²) in [5.74, 6) is 5.61. The predicted octanol–water partition coefficient (Wildman–Crippen LogP) is 1.83. The van der Waals surface area contributed by atoms with E-state index in [9.17, 15) is 0 Å². The largest absolute Gasteiger partial charge is 0.379 e. The molecule has 0 aliphatic rings. The summed E-state index contributed by atoms with van der Waals surface area (Å²) in [4.78, 5) is 4.46. The molecule has 0 fully saturated rings. The van der Waals surface area contributed by atoms with E-state index in [2.05, 4.69) is 43.3 Å². The van der Waals surface area contributed by atoms with Crippen LogP contribution in [-0.2, 0) is 17.6 Å². The van der Waals surface area contributed by atoms with Crippen LogP contribution in [0.2, 0.25) is 0 Å². The van der Waals surface area contributed by atoms with Crippen LogP contribution < -0.4 is 11.3 Å². The number of aryl methyl sites for hydroxylation is 1. The van der Waals surface area contributed by atoms with Crippen LogP contribution >= 0.6 is 0 Å². The van der Waals surface area contributed by atoms with Crippen LogP contribution in [0.3, 0.4) is 0 Å². The lowest BCUT2D eigenvalue weighted by atomic mass is 9.96. The summed E-state index contributed by atoms with van der Waals surface area (Å²) in [6, 6.07) is 4.36. The van der Waals surface area contributed by atoms with Crippen molar-refractivity contribution < 1.29 is 4.74 Å². The van der Waals surface area contributed by atoms with Crippen LogP contribution in [0.4, 0.5) is 0 Å². The summed E-state index contributed by atoms with van der Waals surface area (Å²) in [5.41, 5.74) is 4.98. The minimum atomic E-state index is -0.180. The van der Waals surface area contributed by atoms with Crippen LogP contribution in [0.15, 0.2) is 18.3 Å². The third kappa shape index (κ3) is 4.72. The van der Waals surface area contributed by atoms with E-state index in [-0.39, 0.29) is 11.6 Å². The number of hydrazine groups is 1. The highest BCUT2D eigenvalue weighted by atomic mass is 16.5. The van der Waals surface area contributed by atoms with Crippen LogP contribution in [-0.4, -0.2) is 23.7 Å². The van der Waals surface area contributed by atoms with Crippen molar-refractivity contribution in [2.24, 2.45) is 5.84 Å². The van der Waals surface area contributed by atoms with E-state index in [0.717, 1.165) is 25.0 Å². The zero-order valence-electron chi connectivity index (χ0n) is 11.9. The molecule has 1 unspecified atom stereocenters. The minimum Gasteiger partial charge on any atom is -0.379 e. The molecule has 1 aromatic rings. The van der Waals surface area contributed by atoms with E-state index in [1.54, 1.807) is 7.11 Å². The molecule has 1 rings (SSSR count). The highest BCUT2D eigenvalue weighted by Gasteiger charge is 2.22. The number of hydrogen-bond donors (Lipinski definition) is 2. The Kier molecular flexibility index (Phi) is 5.72. The molecular formula is C14H25N3O. The molecule has 4 heteroatoms. The number of methoxy groups -OCH3 is 1. The zero-order chi connectivity index (χ0) is 13.6. The molecule has 4 nitrogen and oxygen atoms in total. The fourth-order valence-electron chi connectivity index (χ4n) is 1.90. The number of aromatic nitrogens is 1. The monoisotopic (exact) mass is 251 g/mol. The summed E-state index contributed by atoms with van der Waals surface area (Å²) < 4.78 is 5.43. The first-order chi connectivity index (χ1) is 8.50. The molecule has 3 N–H and O–H groups in total. The Balaban J connectivity index is 2.62. The summed E-state index contributed by atoms with van der Waals surface area (Å²) in [6.07, 6.45) is 4.61. The molecular weight excluding hydrogens is 226 g/mol. The predicted molar refractivity (Wildman–Crippen MR) is 74.1 cm³/mol. The normalized spacial score (nSPS) is 13.6. The number of nitrogens with zero attached hydrogens (tertiary/aromatic N) is 1. The summed E-state index contributed by atoms with van der Waals surface area (Å²) in [6.45, 7) is 6.25. The van der Waals surface area contributed by atoms with Gasteiger partial charge in [-0.15, -0.1) is 0 Å². The van der Waals surface area contributed by atoms with Gasteiger partial charge in [0.1, 0.15) is 0 Å². The van der Waals surface area contributed by atoms with Gasteiger partial charge in [-0.05, 0) is 38.3 Å². The van der Waals surface area contributed by atoms with Crippen molar-refractivity contribution in [2.45, 2.75) is 51.7 Å². The smallest absolute Gasteiger partial charge is 0.0638 e. The average Bonchev–Trinajstić information content (AvgIpc) is 2.38. The number of nitrogens with one attached hydrogen (secondary N) is 1.